The third-order valence-corrected chi connectivity index (χ3v) is 2.00. The molecule has 0 fully saturated rings. The van der Waals surface area contributed by atoms with Crippen LogP contribution >= 0.6 is 0 Å². The van der Waals surface area contributed by atoms with E-state index in [-0.39, 0.29) is 5.69 Å². The molecule has 1 aromatic carbocycles. The van der Waals surface area contributed by atoms with Crippen LogP contribution in [0.25, 0.3) is 0 Å². The van der Waals surface area contributed by atoms with Crippen LogP contribution in [0.5, 0.6) is 0 Å². The van der Waals surface area contributed by atoms with Gasteiger partial charge in [0.15, 0.2) is 11.6 Å². The van der Waals surface area contributed by atoms with E-state index < -0.39 is 11.6 Å². The molecule has 4 heteroatoms. The van der Waals surface area contributed by atoms with Crippen LogP contribution in [-0.4, -0.2) is 18.1 Å². The van der Waals surface area contributed by atoms with Gasteiger partial charge in [-0.25, -0.2) is 13.8 Å². The Kier molecular flexibility index (Phi) is 3.83. The van der Waals surface area contributed by atoms with E-state index >= 15 is 0 Å². The number of nitrogens with one attached hydrogen (secondary N) is 1. The zero-order chi connectivity index (χ0) is 10.6. The maximum Gasteiger partial charge on any atom is 0.150 e. The quantitative estimate of drug-likeness (QED) is 0.751. The molecule has 78 valence electrons. The molecule has 1 N–H and O–H groups in total. The molecule has 0 spiro atoms. The summed E-state index contributed by atoms with van der Waals surface area (Å²) in [6.07, 6.45) is 0. The fourth-order valence-electron chi connectivity index (χ4n) is 1.14. The smallest absolute Gasteiger partial charge is 0.150 e. The number of hydrazine groups is 1. The number of anilines is 1. The Bertz CT molecular complexity index is 278. The van der Waals surface area contributed by atoms with E-state index in [1.54, 1.807) is 5.01 Å². The first-order chi connectivity index (χ1) is 6.69. The molecular formula is C10H14F2N2. The Morgan fingerprint density at radius 2 is 1.64 bits per heavy atom. The van der Waals surface area contributed by atoms with Crippen LogP contribution in [0.2, 0.25) is 0 Å². The molecule has 0 aliphatic carbocycles. The van der Waals surface area contributed by atoms with E-state index in [4.69, 9.17) is 0 Å². The lowest BCUT2D eigenvalue weighted by Crippen LogP contribution is -2.30. The van der Waals surface area contributed by atoms with E-state index in [1.165, 1.54) is 18.2 Å². The highest BCUT2D eigenvalue weighted by atomic mass is 19.1. The van der Waals surface area contributed by atoms with Gasteiger partial charge in [-0.1, -0.05) is 19.9 Å². The zero-order valence-corrected chi connectivity index (χ0v) is 8.35. The fraction of sp³-hybridized carbons (Fsp3) is 0.400. The summed E-state index contributed by atoms with van der Waals surface area (Å²) in [5.41, 5.74) is 2.61. The number of nitrogens with zero attached hydrogens (tertiary/aromatic N) is 1. The van der Waals surface area contributed by atoms with Crippen LogP contribution in [0.3, 0.4) is 0 Å². The average molecular weight is 200 g/mol. The van der Waals surface area contributed by atoms with Gasteiger partial charge in [-0.2, -0.15) is 0 Å². The first-order valence-electron chi connectivity index (χ1n) is 4.64. The second-order valence-electron chi connectivity index (χ2n) is 2.88. The zero-order valence-electron chi connectivity index (χ0n) is 8.35. The predicted octanol–water partition coefficient (Wildman–Crippen LogP) is 2.63. The molecule has 2 nitrogen and oxygen atoms in total. The second-order valence-corrected chi connectivity index (χ2v) is 2.88. The third kappa shape index (κ3) is 2.42. The number of para-hydroxylation sites is 1. The van der Waals surface area contributed by atoms with Crippen LogP contribution in [0.4, 0.5) is 14.5 Å². The van der Waals surface area contributed by atoms with Crippen LogP contribution in [0, 0.1) is 11.6 Å². The fourth-order valence-corrected chi connectivity index (χ4v) is 1.14. The van der Waals surface area contributed by atoms with Gasteiger partial charge in [0.2, 0.25) is 0 Å². The molecule has 0 atom stereocenters. The van der Waals surface area contributed by atoms with E-state index in [2.05, 4.69) is 5.43 Å². The topological polar surface area (TPSA) is 15.3 Å². The van der Waals surface area contributed by atoms with Crippen molar-refractivity contribution in [3.05, 3.63) is 29.8 Å². The summed E-state index contributed by atoms with van der Waals surface area (Å²) in [7, 11) is 0. The molecule has 0 saturated carbocycles. The molecule has 0 unspecified atom stereocenters. The number of hydrogen-bond donors (Lipinski definition) is 1. The Labute approximate surface area is 82.5 Å². The lowest BCUT2D eigenvalue weighted by Gasteiger charge is -2.21. The molecule has 0 amide bonds. The highest BCUT2D eigenvalue weighted by Gasteiger charge is 2.09. The summed E-state index contributed by atoms with van der Waals surface area (Å²) in [4.78, 5) is 0. The summed E-state index contributed by atoms with van der Waals surface area (Å²) in [5.74, 6) is -1.14. The van der Waals surface area contributed by atoms with Crippen molar-refractivity contribution in [1.82, 2.24) is 5.01 Å². The Hall–Kier alpha value is -1.16. The molecule has 0 aromatic heterocycles. The molecule has 1 aromatic rings. The van der Waals surface area contributed by atoms with Gasteiger partial charge in [0.05, 0.1) is 0 Å². The monoisotopic (exact) mass is 200 g/mol. The van der Waals surface area contributed by atoms with Gasteiger partial charge in [0.25, 0.3) is 0 Å². The van der Waals surface area contributed by atoms with Crippen molar-refractivity contribution in [2.75, 3.05) is 18.5 Å². The Morgan fingerprint density at radius 1 is 1.14 bits per heavy atom. The van der Waals surface area contributed by atoms with Gasteiger partial charge in [-0.05, 0) is 12.1 Å². The van der Waals surface area contributed by atoms with Crippen LogP contribution in [0.1, 0.15) is 13.8 Å². The van der Waals surface area contributed by atoms with Gasteiger partial charge in [0.1, 0.15) is 5.69 Å². The van der Waals surface area contributed by atoms with Crippen molar-refractivity contribution in [1.29, 1.82) is 0 Å². The van der Waals surface area contributed by atoms with Crippen LogP contribution in [-0.2, 0) is 0 Å². The van der Waals surface area contributed by atoms with Crippen molar-refractivity contribution in [3.8, 4) is 0 Å². The molecule has 14 heavy (non-hydrogen) atoms. The number of rotatable bonds is 4. The molecular weight excluding hydrogens is 186 g/mol. The van der Waals surface area contributed by atoms with Crippen molar-refractivity contribution >= 4 is 5.69 Å². The highest BCUT2D eigenvalue weighted by molar-refractivity contribution is 5.45. The first kappa shape index (κ1) is 10.9. The van der Waals surface area contributed by atoms with Crippen LogP contribution < -0.4 is 5.43 Å². The molecule has 1 rings (SSSR count). The van der Waals surface area contributed by atoms with Crippen molar-refractivity contribution in [2.24, 2.45) is 0 Å². The summed E-state index contributed by atoms with van der Waals surface area (Å²) >= 11 is 0. The minimum absolute atomic E-state index is 0.0869. The lowest BCUT2D eigenvalue weighted by molar-refractivity contribution is 0.361. The Morgan fingerprint density at radius 3 is 2.07 bits per heavy atom. The molecule has 0 aliphatic heterocycles. The SMILES string of the molecule is CCN(CC)Nc1c(F)cccc1F. The Balaban J connectivity index is 2.84. The minimum atomic E-state index is -0.572. The van der Waals surface area contributed by atoms with E-state index in [9.17, 15) is 8.78 Å². The van der Waals surface area contributed by atoms with Crippen molar-refractivity contribution < 1.29 is 8.78 Å². The average Bonchev–Trinajstić information content (AvgIpc) is 2.18. The summed E-state index contributed by atoms with van der Waals surface area (Å²) in [6, 6.07) is 3.81. The van der Waals surface area contributed by atoms with Gasteiger partial charge in [-0.15, -0.1) is 0 Å². The normalized spacial score (nSPS) is 10.6. The van der Waals surface area contributed by atoms with E-state index in [0.717, 1.165) is 0 Å². The summed E-state index contributed by atoms with van der Waals surface area (Å²) in [6.45, 7) is 5.19. The maximum atomic E-state index is 13.2. The van der Waals surface area contributed by atoms with Crippen molar-refractivity contribution in [2.45, 2.75) is 13.8 Å². The maximum absolute atomic E-state index is 13.2. The summed E-state index contributed by atoms with van der Waals surface area (Å²) < 4.78 is 26.3. The number of halogens is 2. The second kappa shape index (κ2) is 4.91. The molecule has 0 aliphatic rings. The minimum Gasteiger partial charge on any atom is -0.314 e. The molecule has 0 heterocycles. The van der Waals surface area contributed by atoms with Gasteiger partial charge in [0, 0.05) is 13.1 Å². The highest BCUT2D eigenvalue weighted by Crippen LogP contribution is 2.18. The first-order valence-corrected chi connectivity index (χ1v) is 4.64. The molecule has 0 bridgehead atoms. The van der Waals surface area contributed by atoms with E-state index in [0.29, 0.717) is 13.1 Å². The van der Waals surface area contributed by atoms with Crippen LogP contribution in [0.15, 0.2) is 18.2 Å². The van der Waals surface area contributed by atoms with Gasteiger partial charge < -0.3 is 5.43 Å². The van der Waals surface area contributed by atoms with Gasteiger partial charge >= 0.3 is 0 Å². The number of hydrogen-bond acceptors (Lipinski definition) is 2. The standard InChI is InChI=1S/C10H14F2N2/c1-3-14(4-2)13-10-8(11)6-5-7-9(10)12/h5-7,13H,3-4H2,1-2H3. The molecule has 0 saturated heterocycles. The lowest BCUT2D eigenvalue weighted by atomic mass is 10.3. The third-order valence-electron chi connectivity index (χ3n) is 2.00. The van der Waals surface area contributed by atoms with Crippen molar-refractivity contribution in [3.63, 3.8) is 0 Å². The number of benzene rings is 1. The predicted molar refractivity (Wildman–Crippen MR) is 52.9 cm³/mol. The van der Waals surface area contributed by atoms with Gasteiger partial charge in [-0.3, -0.25) is 0 Å². The largest absolute Gasteiger partial charge is 0.314 e. The summed E-state index contributed by atoms with van der Waals surface area (Å²) in [5, 5.41) is 1.72. The van der Waals surface area contributed by atoms with E-state index in [1.807, 2.05) is 13.8 Å². The molecule has 0 radical (unpaired) electrons.